The topological polar surface area (TPSA) is 21.3 Å². The highest BCUT2D eigenvalue weighted by Gasteiger charge is 2.18. The van der Waals surface area contributed by atoms with E-state index < -0.39 is 0 Å². The molecule has 1 atom stereocenters. The van der Waals surface area contributed by atoms with E-state index in [9.17, 15) is 0 Å². The molecule has 0 radical (unpaired) electrons. The molecule has 0 aliphatic carbocycles. The van der Waals surface area contributed by atoms with Gasteiger partial charge in [-0.1, -0.05) is 29.8 Å². The Kier molecular flexibility index (Phi) is 7.22. The van der Waals surface area contributed by atoms with E-state index in [0.717, 1.165) is 23.2 Å². The van der Waals surface area contributed by atoms with Crippen molar-refractivity contribution in [1.29, 1.82) is 0 Å². The lowest BCUT2D eigenvalue weighted by atomic mass is 9.90. The first-order chi connectivity index (χ1) is 9.71. The minimum atomic E-state index is 0.163. The molecule has 21 heavy (non-hydrogen) atoms. The maximum Gasteiger partial charge on any atom is 0.122 e. The second kappa shape index (κ2) is 8.19. The van der Waals surface area contributed by atoms with E-state index in [0.29, 0.717) is 11.8 Å². The maximum atomic E-state index is 5.51. The van der Waals surface area contributed by atoms with Crippen LogP contribution in [0.4, 0.5) is 0 Å². The van der Waals surface area contributed by atoms with Crippen LogP contribution in [0.3, 0.4) is 0 Å². The van der Waals surface area contributed by atoms with Gasteiger partial charge in [-0.2, -0.15) is 0 Å². The van der Waals surface area contributed by atoms with Crippen molar-refractivity contribution < 1.29 is 4.74 Å². The molecule has 0 saturated carbocycles. The fourth-order valence-corrected chi connectivity index (χ4v) is 2.98. The molecule has 1 aromatic rings. The fraction of sp³-hybridized carbons (Fsp3) is 0.667. The molecule has 0 bridgehead atoms. The minimum Gasteiger partial charge on any atom is -0.496 e. The number of benzene rings is 1. The zero-order valence-corrected chi connectivity index (χ0v) is 15.9. The van der Waals surface area contributed by atoms with Gasteiger partial charge in [0.1, 0.15) is 5.75 Å². The maximum absolute atomic E-state index is 5.51. The predicted molar refractivity (Wildman–Crippen MR) is 95.1 cm³/mol. The monoisotopic (exact) mass is 355 g/mol. The summed E-state index contributed by atoms with van der Waals surface area (Å²) in [6.45, 7) is 12.3. The Bertz CT molecular complexity index is 437. The van der Waals surface area contributed by atoms with Crippen LogP contribution in [0, 0.1) is 11.8 Å². The van der Waals surface area contributed by atoms with Crippen LogP contribution in [-0.4, -0.2) is 19.2 Å². The zero-order valence-electron chi connectivity index (χ0n) is 14.3. The van der Waals surface area contributed by atoms with E-state index in [4.69, 9.17) is 4.74 Å². The van der Waals surface area contributed by atoms with Gasteiger partial charge in [-0.3, -0.25) is 0 Å². The second-order valence-corrected chi connectivity index (χ2v) is 8.20. The van der Waals surface area contributed by atoms with E-state index >= 15 is 0 Å². The highest BCUT2D eigenvalue weighted by atomic mass is 79.9. The summed E-state index contributed by atoms with van der Waals surface area (Å²) in [7, 11) is 1.75. The highest BCUT2D eigenvalue weighted by molar-refractivity contribution is 9.10. The minimum absolute atomic E-state index is 0.163. The van der Waals surface area contributed by atoms with Crippen LogP contribution in [0.2, 0.25) is 0 Å². The molecule has 0 aliphatic rings. The summed E-state index contributed by atoms with van der Waals surface area (Å²) in [6, 6.07) is 6.26. The van der Waals surface area contributed by atoms with Gasteiger partial charge in [-0.15, -0.1) is 0 Å². The Hall–Kier alpha value is -0.540. The third-order valence-corrected chi connectivity index (χ3v) is 3.97. The summed E-state index contributed by atoms with van der Waals surface area (Å²) in [5, 5.41) is 3.65. The number of rotatable bonds is 7. The van der Waals surface area contributed by atoms with E-state index in [2.05, 4.69) is 61.9 Å². The molecule has 0 aliphatic heterocycles. The van der Waals surface area contributed by atoms with Crippen LogP contribution < -0.4 is 10.1 Å². The first-order valence-corrected chi connectivity index (χ1v) is 8.58. The van der Waals surface area contributed by atoms with Gasteiger partial charge in [0.25, 0.3) is 0 Å². The average molecular weight is 356 g/mol. The van der Waals surface area contributed by atoms with E-state index in [1.165, 1.54) is 12.0 Å². The summed E-state index contributed by atoms with van der Waals surface area (Å²) in [5.74, 6) is 2.31. The lowest BCUT2D eigenvalue weighted by molar-refractivity contribution is 0.327. The van der Waals surface area contributed by atoms with Gasteiger partial charge >= 0.3 is 0 Å². The molecular weight excluding hydrogens is 326 g/mol. The molecule has 1 unspecified atom stereocenters. The molecule has 1 aromatic carbocycles. The third kappa shape index (κ3) is 7.32. The smallest absolute Gasteiger partial charge is 0.122 e. The molecule has 0 fully saturated rings. The van der Waals surface area contributed by atoms with Crippen LogP contribution >= 0.6 is 15.9 Å². The van der Waals surface area contributed by atoms with Crippen LogP contribution in [0.1, 0.15) is 46.6 Å². The summed E-state index contributed by atoms with van der Waals surface area (Å²) in [6.07, 6.45) is 2.27. The van der Waals surface area contributed by atoms with Crippen molar-refractivity contribution in [3.8, 4) is 5.75 Å². The SMILES string of the molecule is COc1ccc(Br)cc1CC(CNC(C)(C)C)CC(C)C. The normalized spacial score (nSPS) is 13.5. The van der Waals surface area contributed by atoms with Crippen molar-refractivity contribution in [3.63, 3.8) is 0 Å². The quantitative estimate of drug-likeness (QED) is 0.738. The fourth-order valence-electron chi connectivity index (χ4n) is 2.57. The number of halogens is 1. The Labute approximate surface area is 138 Å². The predicted octanol–water partition coefficient (Wildman–Crippen LogP) is 5.05. The largest absolute Gasteiger partial charge is 0.496 e. The Balaban J connectivity index is 2.82. The van der Waals surface area contributed by atoms with Gasteiger partial charge in [0.05, 0.1) is 7.11 Å². The van der Waals surface area contributed by atoms with Crippen molar-refractivity contribution in [2.75, 3.05) is 13.7 Å². The summed E-state index contributed by atoms with van der Waals surface area (Å²) >= 11 is 3.57. The average Bonchev–Trinajstić information content (AvgIpc) is 2.35. The van der Waals surface area contributed by atoms with E-state index in [1.807, 2.05) is 12.1 Å². The zero-order chi connectivity index (χ0) is 16.0. The lowest BCUT2D eigenvalue weighted by Crippen LogP contribution is -2.39. The molecule has 120 valence electrons. The molecule has 0 aromatic heterocycles. The Morgan fingerprint density at radius 3 is 2.43 bits per heavy atom. The number of methoxy groups -OCH3 is 1. The summed E-state index contributed by atoms with van der Waals surface area (Å²) < 4.78 is 6.63. The van der Waals surface area contributed by atoms with Gasteiger partial charge < -0.3 is 10.1 Å². The van der Waals surface area contributed by atoms with Crippen molar-refractivity contribution in [3.05, 3.63) is 28.2 Å². The van der Waals surface area contributed by atoms with E-state index in [-0.39, 0.29) is 5.54 Å². The molecule has 1 N–H and O–H groups in total. The number of nitrogens with one attached hydrogen (secondary N) is 1. The molecule has 0 spiro atoms. The second-order valence-electron chi connectivity index (χ2n) is 7.29. The lowest BCUT2D eigenvalue weighted by Gasteiger charge is -2.27. The third-order valence-electron chi connectivity index (χ3n) is 3.48. The number of hydrogen-bond acceptors (Lipinski definition) is 2. The van der Waals surface area contributed by atoms with Gasteiger partial charge in [-0.25, -0.2) is 0 Å². The Morgan fingerprint density at radius 1 is 1.24 bits per heavy atom. The van der Waals surface area contributed by atoms with Gasteiger partial charge in [-0.05, 0) is 75.8 Å². The highest BCUT2D eigenvalue weighted by Crippen LogP contribution is 2.27. The number of ether oxygens (including phenoxy) is 1. The van der Waals surface area contributed by atoms with Gasteiger partial charge in [0.2, 0.25) is 0 Å². The molecule has 0 amide bonds. The molecular formula is C18H30BrNO. The summed E-state index contributed by atoms with van der Waals surface area (Å²) in [5.41, 5.74) is 1.45. The van der Waals surface area contributed by atoms with Gasteiger partial charge in [0.15, 0.2) is 0 Å². The first-order valence-electron chi connectivity index (χ1n) is 7.78. The van der Waals surface area contributed by atoms with Crippen molar-refractivity contribution in [1.82, 2.24) is 5.32 Å². The Morgan fingerprint density at radius 2 is 1.90 bits per heavy atom. The van der Waals surface area contributed by atoms with Crippen LogP contribution in [0.25, 0.3) is 0 Å². The first kappa shape index (κ1) is 18.5. The van der Waals surface area contributed by atoms with Crippen LogP contribution in [0.15, 0.2) is 22.7 Å². The van der Waals surface area contributed by atoms with E-state index in [1.54, 1.807) is 7.11 Å². The molecule has 0 heterocycles. The van der Waals surface area contributed by atoms with Crippen molar-refractivity contribution in [2.24, 2.45) is 11.8 Å². The standard InChI is InChI=1S/C18H30BrNO/c1-13(2)9-14(12-20-18(3,4)5)10-15-11-16(19)7-8-17(15)21-6/h7-8,11,13-14,20H,9-10,12H2,1-6H3. The molecule has 2 nitrogen and oxygen atoms in total. The summed E-state index contributed by atoms with van der Waals surface area (Å²) in [4.78, 5) is 0. The molecule has 1 rings (SSSR count). The molecule has 3 heteroatoms. The van der Waals surface area contributed by atoms with Crippen LogP contribution in [-0.2, 0) is 6.42 Å². The molecule has 0 saturated heterocycles. The number of hydrogen-bond donors (Lipinski definition) is 1. The van der Waals surface area contributed by atoms with Crippen LogP contribution in [0.5, 0.6) is 5.75 Å². The van der Waals surface area contributed by atoms with Gasteiger partial charge in [0, 0.05) is 10.0 Å². The van der Waals surface area contributed by atoms with Crippen molar-refractivity contribution >= 4 is 15.9 Å². The van der Waals surface area contributed by atoms with Crippen molar-refractivity contribution in [2.45, 2.75) is 53.0 Å².